The van der Waals surface area contributed by atoms with Gasteiger partial charge in [0.15, 0.2) is 0 Å². The lowest BCUT2D eigenvalue weighted by Crippen LogP contribution is -2.32. The largest absolute Gasteiger partial charge is 0.351 e. The molecule has 0 saturated heterocycles. The van der Waals surface area contributed by atoms with Crippen LogP contribution >= 0.6 is 27.5 Å². The van der Waals surface area contributed by atoms with Gasteiger partial charge in [0, 0.05) is 28.6 Å². The maximum atomic E-state index is 11.8. The lowest BCUT2D eigenvalue weighted by Gasteiger charge is -2.07. The van der Waals surface area contributed by atoms with Crippen LogP contribution in [0.2, 0.25) is 5.02 Å². The van der Waals surface area contributed by atoms with E-state index in [1.54, 1.807) is 18.2 Å². The van der Waals surface area contributed by atoms with Crippen molar-refractivity contribution in [3.8, 4) is 0 Å². The highest BCUT2D eigenvalue weighted by atomic mass is 79.9. The van der Waals surface area contributed by atoms with Gasteiger partial charge in [0.1, 0.15) is 0 Å². The summed E-state index contributed by atoms with van der Waals surface area (Å²) in [5, 5.41) is 6.82. The molecule has 1 fully saturated rings. The number of carbonyl (C=O) groups excluding carboxylic acids is 1. The minimum absolute atomic E-state index is 0.0776. The van der Waals surface area contributed by atoms with Gasteiger partial charge >= 0.3 is 0 Å². The van der Waals surface area contributed by atoms with Crippen molar-refractivity contribution in [2.75, 3.05) is 13.1 Å². The molecule has 1 aliphatic rings. The maximum Gasteiger partial charge on any atom is 0.252 e. The third kappa shape index (κ3) is 3.98. The number of amides is 1. The summed E-state index contributed by atoms with van der Waals surface area (Å²) in [5.74, 6) is -0.0776. The quantitative estimate of drug-likeness (QED) is 0.820. The minimum Gasteiger partial charge on any atom is -0.351 e. The smallest absolute Gasteiger partial charge is 0.252 e. The van der Waals surface area contributed by atoms with Gasteiger partial charge in [0.05, 0.1) is 5.56 Å². The first-order valence-corrected chi connectivity index (χ1v) is 6.80. The summed E-state index contributed by atoms with van der Waals surface area (Å²) in [7, 11) is 0. The Morgan fingerprint density at radius 1 is 1.41 bits per heavy atom. The molecule has 0 spiro atoms. The lowest BCUT2D eigenvalue weighted by molar-refractivity contribution is 0.0953. The Bertz CT molecular complexity index is 421. The van der Waals surface area contributed by atoms with E-state index in [1.807, 2.05) is 0 Å². The standard InChI is InChI=1S/C12H14BrClN2O/c13-11-7-8(14)1-4-10(11)12(17)16-6-5-15-9-2-3-9/h1,4,7,9,15H,2-3,5-6H2,(H,16,17). The fraction of sp³-hybridized carbons (Fsp3) is 0.417. The number of carbonyl (C=O) groups is 1. The second-order valence-electron chi connectivity index (χ2n) is 4.11. The third-order valence-electron chi connectivity index (χ3n) is 2.60. The Morgan fingerprint density at radius 3 is 2.82 bits per heavy atom. The molecule has 1 amide bonds. The highest BCUT2D eigenvalue weighted by Gasteiger charge is 2.19. The van der Waals surface area contributed by atoms with Crippen molar-refractivity contribution >= 4 is 33.4 Å². The van der Waals surface area contributed by atoms with E-state index >= 15 is 0 Å². The van der Waals surface area contributed by atoms with Crippen molar-refractivity contribution < 1.29 is 4.79 Å². The van der Waals surface area contributed by atoms with E-state index < -0.39 is 0 Å². The Kier molecular flexibility index (Phi) is 4.42. The number of hydrogen-bond donors (Lipinski definition) is 2. The fourth-order valence-electron chi connectivity index (χ4n) is 1.51. The van der Waals surface area contributed by atoms with E-state index in [4.69, 9.17) is 11.6 Å². The zero-order valence-corrected chi connectivity index (χ0v) is 11.6. The molecule has 1 aromatic carbocycles. The summed E-state index contributed by atoms with van der Waals surface area (Å²) < 4.78 is 0.720. The van der Waals surface area contributed by atoms with Crippen LogP contribution in [0, 0.1) is 0 Å². The van der Waals surface area contributed by atoms with Gasteiger partial charge in [-0.1, -0.05) is 11.6 Å². The molecule has 1 aliphatic carbocycles. The molecule has 2 N–H and O–H groups in total. The number of rotatable bonds is 5. The molecule has 0 atom stereocenters. The highest BCUT2D eigenvalue weighted by molar-refractivity contribution is 9.10. The Balaban J connectivity index is 1.81. The fourth-order valence-corrected chi connectivity index (χ4v) is 2.37. The summed E-state index contributed by atoms with van der Waals surface area (Å²) in [6.07, 6.45) is 2.52. The first-order chi connectivity index (χ1) is 8.16. The molecule has 0 unspecified atom stereocenters. The second kappa shape index (κ2) is 5.85. The minimum atomic E-state index is -0.0776. The number of hydrogen-bond acceptors (Lipinski definition) is 2. The SMILES string of the molecule is O=C(NCCNC1CC1)c1ccc(Cl)cc1Br. The van der Waals surface area contributed by atoms with Crippen LogP contribution in [0.25, 0.3) is 0 Å². The van der Waals surface area contributed by atoms with Crippen molar-refractivity contribution in [3.63, 3.8) is 0 Å². The molecule has 92 valence electrons. The third-order valence-corrected chi connectivity index (χ3v) is 3.49. The molecule has 0 aromatic heterocycles. The van der Waals surface area contributed by atoms with Crippen LogP contribution in [0.5, 0.6) is 0 Å². The zero-order valence-electron chi connectivity index (χ0n) is 9.30. The van der Waals surface area contributed by atoms with E-state index in [0.29, 0.717) is 23.2 Å². The maximum absolute atomic E-state index is 11.8. The van der Waals surface area contributed by atoms with E-state index in [2.05, 4.69) is 26.6 Å². The second-order valence-corrected chi connectivity index (χ2v) is 5.40. The Morgan fingerprint density at radius 2 is 2.18 bits per heavy atom. The van der Waals surface area contributed by atoms with Crippen LogP contribution < -0.4 is 10.6 Å². The van der Waals surface area contributed by atoms with Gasteiger partial charge in [0.2, 0.25) is 0 Å². The molecule has 1 saturated carbocycles. The highest BCUT2D eigenvalue weighted by Crippen LogP contribution is 2.21. The first kappa shape index (κ1) is 12.9. The lowest BCUT2D eigenvalue weighted by atomic mass is 10.2. The van der Waals surface area contributed by atoms with Gasteiger partial charge in [-0.05, 0) is 47.0 Å². The summed E-state index contributed by atoms with van der Waals surface area (Å²) >= 11 is 9.15. The van der Waals surface area contributed by atoms with Crippen molar-refractivity contribution in [3.05, 3.63) is 33.3 Å². The van der Waals surface area contributed by atoms with Crippen molar-refractivity contribution in [1.29, 1.82) is 0 Å². The number of nitrogens with one attached hydrogen (secondary N) is 2. The van der Waals surface area contributed by atoms with Crippen LogP contribution in [-0.2, 0) is 0 Å². The summed E-state index contributed by atoms with van der Waals surface area (Å²) in [5.41, 5.74) is 0.612. The van der Waals surface area contributed by atoms with Gasteiger partial charge in [-0.25, -0.2) is 0 Å². The molecule has 0 bridgehead atoms. The van der Waals surface area contributed by atoms with Gasteiger partial charge in [-0.2, -0.15) is 0 Å². The van der Waals surface area contributed by atoms with E-state index in [1.165, 1.54) is 12.8 Å². The summed E-state index contributed by atoms with van der Waals surface area (Å²) in [6.45, 7) is 1.46. The van der Waals surface area contributed by atoms with E-state index in [-0.39, 0.29) is 5.91 Å². The monoisotopic (exact) mass is 316 g/mol. The molecule has 2 rings (SSSR count). The van der Waals surface area contributed by atoms with Gasteiger partial charge in [-0.15, -0.1) is 0 Å². The van der Waals surface area contributed by atoms with Crippen LogP contribution in [0.1, 0.15) is 23.2 Å². The van der Waals surface area contributed by atoms with Crippen LogP contribution in [0.3, 0.4) is 0 Å². The molecular formula is C12H14BrClN2O. The predicted molar refractivity (Wildman–Crippen MR) is 72.5 cm³/mol. The average Bonchev–Trinajstić information content (AvgIpc) is 3.08. The van der Waals surface area contributed by atoms with E-state index in [0.717, 1.165) is 11.0 Å². The van der Waals surface area contributed by atoms with Gasteiger partial charge < -0.3 is 10.6 Å². The average molecular weight is 318 g/mol. The Hall–Kier alpha value is -0.580. The van der Waals surface area contributed by atoms with Gasteiger partial charge in [0.25, 0.3) is 5.91 Å². The molecular weight excluding hydrogens is 304 g/mol. The predicted octanol–water partition coefficient (Wildman–Crippen LogP) is 2.58. The summed E-state index contributed by atoms with van der Waals surface area (Å²) in [6, 6.07) is 5.83. The number of benzene rings is 1. The Labute approximate surface area is 114 Å². The van der Waals surface area contributed by atoms with Crippen molar-refractivity contribution in [2.45, 2.75) is 18.9 Å². The van der Waals surface area contributed by atoms with Crippen molar-refractivity contribution in [2.24, 2.45) is 0 Å². The molecule has 0 radical (unpaired) electrons. The topological polar surface area (TPSA) is 41.1 Å². The van der Waals surface area contributed by atoms with Crippen LogP contribution in [0.4, 0.5) is 0 Å². The van der Waals surface area contributed by atoms with E-state index in [9.17, 15) is 4.79 Å². The molecule has 17 heavy (non-hydrogen) atoms. The zero-order chi connectivity index (χ0) is 12.3. The number of halogens is 2. The molecule has 0 heterocycles. The van der Waals surface area contributed by atoms with Crippen molar-refractivity contribution in [1.82, 2.24) is 10.6 Å². The molecule has 1 aromatic rings. The van der Waals surface area contributed by atoms with Crippen LogP contribution in [0.15, 0.2) is 22.7 Å². The molecule has 3 nitrogen and oxygen atoms in total. The molecule has 0 aliphatic heterocycles. The normalized spacial score (nSPS) is 14.7. The summed E-state index contributed by atoms with van der Waals surface area (Å²) in [4.78, 5) is 11.8. The van der Waals surface area contributed by atoms with Crippen LogP contribution in [-0.4, -0.2) is 25.0 Å². The van der Waals surface area contributed by atoms with Gasteiger partial charge in [-0.3, -0.25) is 4.79 Å². The first-order valence-electron chi connectivity index (χ1n) is 5.63. The molecule has 5 heteroatoms.